The van der Waals surface area contributed by atoms with Gasteiger partial charge in [0.2, 0.25) is 10.0 Å². The molecule has 0 fully saturated rings. The third-order valence-corrected chi connectivity index (χ3v) is 3.64. The molecule has 0 saturated carbocycles. The molecule has 6 nitrogen and oxygen atoms in total. The fourth-order valence-corrected chi connectivity index (χ4v) is 2.63. The summed E-state index contributed by atoms with van der Waals surface area (Å²) in [6.45, 7) is 0. The molecule has 0 radical (unpaired) electrons. The van der Waals surface area contributed by atoms with Crippen molar-refractivity contribution in [3.63, 3.8) is 0 Å². The van der Waals surface area contributed by atoms with E-state index < -0.39 is 28.0 Å². The van der Waals surface area contributed by atoms with Crippen LogP contribution in [-0.2, 0) is 15.8 Å². The number of sulfonamides is 1. The summed E-state index contributed by atoms with van der Waals surface area (Å²) in [5.74, 6) is -1.41. The quantitative estimate of drug-likeness (QED) is 0.840. The number of benzene rings is 2. The molecule has 3 N–H and O–H groups in total. The second-order valence-electron chi connectivity index (χ2n) is 5.03. The number of hydrogen-bond acceptors (Lipinski definition) is 4. The topological polar surface area (TPSA) is 98.5 Å². The van der Waals surface area contributed by atoms with Crippen LogP contribution in [0.4, 0.5) is 18.9 Å². The molecular weight excluding hydrogens is 361 g/mol. The summed E-state index contributed by atoms with van der Waals surface area (Å²) in [5, 5.41) is 7.48. The first-order valence-corrected chi connectivity index (χ1v) is 8.50. The molecule has 0 bridgehead atoms. The number of ether oxygens (including phenoxy) is 1. The Kier molecular flexibility index (Phi) is 5.33. The molecule has 2 aromatic carbocycles. The summed E-state index contributed by atoms with van der Waals surface area (Å²) in [6, 6.07) is 10.4. The lowest BCUT2D eigenvalue weighted by atomic mass is 10.2. The normalized spacial score (nSPS) is 11.8. The molecule has 2 rings (SSSR count). The summed E-state index contributed by atoms with van der Waals surface area (Å²) in [6.07, 6.45) is -4.81. The highest BCUT2D eigenvalue weighted by Crippen LogP contribution is 2.23. The van der Waals surface area contributed by atoms with Gasteiger partial charge in [0.1, 0.15) is 5.75 Å². The SMILES string of the molecule is NS(=O)(=O)Cc1cccc(NC(=O)c2ccc(OC(F)(F)F)cc2)c1. The lowest BCUT2D eigenvalue weighted by Gasteiger charge is -2.10. The number of carbonyl (C=O) groups is 1. The van der Waals surface area contributed by atoms with Gasteiger partial charge in [-0.15, -0.1) is 13.2 Å². The van der Waals surface area contributed by atoms with Gasteiger partial charge in [-0.3, -0.25) is 4.79 Å². The third kappa shape index (κ3) is 6.43. The second kappa shape index (κ2) is 7.11. The predicted octanol–water partition coefficient (Wildman–Crippen LogP) is 2.63. The number of nitrogens with one attached hydrogen (secondary N) is 1. The minimum atomic E-state index is -4.81. The van der Waals surface area contributed by atoms with Gasteiger partial charge in [-0.25, -0.2) is 13.6 Å². The minimum absolute atomic E-state index is 0.103. The van der Waals surface area contributed by atoms with Gasteiger partial charge in [0.25, 0.3) is 5.91 Å². The number of amides is 1. The number of hydrogen-bond donors (Lipinski definition) is 2. The van der Waals surface area contributed by atoms with Crippen LogP contribution in [0.5, 0.6) is 5.75 Å². The van der Waals surface area contributed by atoms with Crippen molar-refractivity contribution in [2.24, 2.45) is 5.14 Å². The van der Waals surface area contributed by atoms with Crippen LogP contribution in [0.2, 0.25) is 0 Å². The molecule has 0 unspecified atom stereocenters. The number of nitrogens with two attached hydrogens (primary N) is 1. The zero-order valence-corrected chi connectivity index (χ0v) is 13.4. The average Bonchev–Trinajstić information content (AvgIpc) is 2.44. The summed E-state index contributed by atoms with van der Waals surface area (Å²) >= 11 is 0. The van der Waals surface area contributed by atoms with Crippen molar-refractivity contribution in [3.8, 4) is 5.75 Å². The van der Waals surface area contributed by atoms with Gasteiger partial charge in [-0.05, 0) is 42.0 Å². The van der Waals surface area contributed by atoms with E-state index in [9.17, 15) is 26.4 Å². The van der Waals surface area contributed by atoms with Gasteiger partial charge < -0.3 is 10.1 Å². The van der Waals surface area contributed by atoms with Crippen molar-refractivity contribution >= 4 is 21.6 Å². The fraction of sp³-hybridized carbons (Fsp3) is 0.133. The van der Waals surface area contributed by atoms with E-state index >= 15 is 0 Å². The molecule has 25 heavy (non-hydrogen) atoms. The van der Waals surface area contributed by atoms with Crippen molar-refractivity contribution in [2.75, 3.05) is 5.32 Å². The Morgan fingerprint density at radius 2 is 1.76 bits per heavy atom. The van der Waals surface area contributed by atoms with E-state index in [0.29, 0.717) is 11.3 Å². The molecule has 0 saturated heterocycles. The van der Waals surface area contributed by atoms with Crippen LogP contribution in [0.3, 0.4) is 0 Å². The third-order valence-electron chi connectivity index (χ3n) is 2.90. The van der Waals surface area contributed by atoms with Crippen LogP contribution < -0.4 is 15.2 Å². The Hall–Kier alpha value is -2.59. The van der Waals surface area contributed by atoms with Gasteiger partial charge in [0.05, 0.1) is 5.75 Å². The summed E-state index contributed by atoms with van der Waals surface area (Å²) in [7, 11) is -3.71. The van der Waals surface area contributed by atoms with Gasteiger partial charge in [0.15, 0.2) is 0 Å². The Labute approximate surface area is 141 Å². The lowest BCUT2D eigenvalue weighted by Crippen LogP contribution is -2.17. The first-order valence-electron chi connectivity index (χ1n) is 6.78. The zero-order chi connectivity index (χ0) is 18.7. The van der Waals surface area contributed by atoms with Gasteiger partial charge in [0, 0.05) is 11.3 Å². The Balaban J connectivity index is 2.08. The molecule has 0 aliphatic heterocycles. The van der Waals surface area contributed by atoms with Crippen molar-refractivity contribution in [1.29, 1.82) is 0 Å². The highest BCUT2D eigenvalue weighted by Gasteiger charge is 2.31. The van der Waals surface area contributed by atoms with Crippen LogP contribution in [-0.4, -0.2) is 20.7 Å². The molecule has 0 aliphatic carbocycles. The van der Waals surface area contributed by atoms with E-state index in [1.54, 1.807) is 0 Å². The van der Waals surface area contributed by atoms with Crippen molar-refractivity contribution < 1.29 is 31.1 Å². The average molecular weight is 374 g/mol. The number of primary sulfonamides is 1. The molecule has 0 spiro atoms. The van der Waals surface area contributed by atoms with Crippen LogP contribution in [0.1, 0.15) is 15.9 Å². The molecular formula is C15H13F3N2O4S. The fourth-order valence-electron chi connectivity index (χ4n) is 1.98. The van der Waals surface area contributed by atoms with Crippen molar-refractivity contribution in [2.45, 2.75) is 12.1 Å². The molecule has 10 heteroatoms. The van der Waals surface area contributed by atoms with E-state index in [1.165, 1.54) is 36.4 Å². The van der Waals surface area contributed by atoms with E-state index in [-0.39, 0.29) is 11.3 Å². The molecule has 2 aromatic rings. The standard InChI is InChI=1S/C15H13F3N2O4S/c16-15(17,18)24-13-6-4-11(5-7-13)14(21)20-12-3-1-2-10(8-12)9-25(19,22)23/h1-8H,9H2,(H,20,21)(H2,19,22,23). The minimum Gasteiger partial charge on any atom is -0.406 e. The van der Waals surface area contributed by atoms with Gasteiger partial charge >= 0.3 is 6.36 Å². The molecule has 0 aromatic heterocycles. The number of carbonyl (C=O) groups excluding carboxylic acids is 1. The van der Waals surface area contributed by atoms with E-state index in [2.05, 4.69) is 10.1 Å². The maximum Gasteiger partial charge on any atom is 0.573 e. The lowest BCUT2D eigenvalue weighted by molar-refractivity contribution is -0.274. The monoisotopic (exact) mass is 374 g/mol. The predicted molar refractivity (Wildman–Crippen MR) is 84.3 cm³/mol. The second-order valence-corrected chi connectivity index (χ2v) is 6.65. The number of anilines is 1. The molecule has 1 amide bonds. The Bertz CT molecular complexity index is 865. The molecule has 134 valence electrons. The van der Waals surface area contributed by atoms with E-state index in [0.717, 1.165) is 12.1 Å². The largest absolute Gasteiger partial charge is 0.573 e. The Morgan fingerprint density at radius 3 is 2.32 bits per heavy atom. The van der Waals surface area contributed by atoms with Gasteiger partial charge in [-0.2, -0.15) is 0 Å². The summed E-state index contributed by atoms with van der Waals surface area (Å²) in [5.41, 5.74) is 0.808. The maximum atomic E-state index is 12.1. The number of rotatable bonds is 5. The van der Waals surface area contributed by atoms with Crippen LogP contribution in [0.25, 0.3) is 0 Å². The number of halogens is 3. The van der Waals surface area contributed by atoms with Crippen molar-refractivity contribution in [1.82, 2.24) is 0 Å². The smallest absolute Gasteiger partial charge is 0.406 e. The summed E-state index contributed by atoms with van der Waals surface area (Å²) < 4.78 is 62.2. The number of alkyl halides is 3. The Morgan fingerprint density at radius 1 is 1.12 bits per heavy atom. The van der Waals surface area contributed by atoms with Crippen LogP contribution in [0, 0.1) is 0 Å². The molecule has 0 atom stereocenters. The van der Waals surface area contributed by atoms with E-state index in [1.807, 2.05) is 0 Å². The zero-order valence-electron chi connectivity index (χ0n) is 12.6. The maximum absolute atomic E-state index is 12.1. The first kappa shape index (κ1) is 18.7. The van der Waals surface area contributed by atoms with Crippen LogP contribution >= 0.6 is 0 Å². The molecule has 0 heterocycles. The molecule has 0 aliphatic rings. The summed E-state index contributed by atoms with van der Waals surface area (Å²) in [4.78, 5) is 12.1. The highest BCUT2D eigenvalue weighted by atomic mass is 32.2. The van der Waals surface area contributed by atoms with Crippen LogP contribution in [0.15, 0.2) is 48.5 Å². The first-order chi connectivity index (χ1) is 11.5. The van der Waals surface area contributed by atoms with E-state index in [4.69, 9.17) is 5.14 Å². The van der Waals surface area contributed by atoms with Crippen molar-refractivity contribution in [3.05, 3.63) is 59.7 Å². The highest BCUT2D eigenvalue weighted by molar-refractivity contribution is 7.88. The van der Waals surface area contributed by atoms with Gasteiger partial charge in [-0.1, -0.05) is 12.1 Å².